The van der Waals surface area contributed by atoms with E-state index in [9.17, 15) is 0 Å². The molecule has 0 nitrogen and oxygen atoms in total. The van der Waals surface area contributed by atoms with Crippen LogP contribution in [0.4, 0.5) is 0 Å². The van der Waals surface area contributed by atoms with Crippen LogP contribution in [-0.4, -0.2) is 40.3 Å². The van der Waals surface area contributed by atoms with E-state index in [1.807, 2.05) is 0 Å². The maximum absolute atomic E-state index is 2.74. The Morgan fingerprint density at radius 3 is 0.846 bits per heavy atom. The molecule has 0 aromatic heterocycles. The summed E-state index contributed by atoms with van der Waals surface area (Å²) in [5.41, 5.74) is 0. The molecule has 13 heavy (non-hydrogen) atoms. The summed E-state index contributed by atoms with van der Waals surface area (Å²) in [6, 6.07) is 0. The molecule has 0 aliphatic carbocycles. The Kier molecular flexibility index (Phi) is 2.83. The number of rotatable bonds is 0. The Labute approximate surface area is 92.3 Å². The summed E-state index contributed by atoms with van der Waals surface area (Å²) in [4.78, 5) is 0. The molecule has 0 aromatic rings. The van der Waals surface area contributed by atoms with Gasteiger partial charge in [0, 0.05) is 0 Å². The van der Waals surface area contributed by atoms with Gasteiger partial charge in [0.15, 0.2) is 0 Å². The van der Waals surface area contributed by atoms with E-state index in [0.29, 0.717) is 0 Å². The molecule has 1 saturated heterocycles. The minimum absolute atomic E-state index is 0.714. The summed E-state index contributed by atoms with van der Waals surface area (Å²) in [6.45, 7) is 21.9. The SMILES string of the molecule is C[Si]1(C)[Se][Si](C)(C)[Si](C)(C)[Si]1(C)C. The molecule has 1 fully saturated rings. The quantitative estimate of drug-likeness (QED) is 0.604. The number of hydrogen-bond donors (Lipinski definition) is 0. The van der Waals surface area contributed by atoms with Crippen LogP contribution in [0.5, 0.6) is 0 Å². The van der Waals surface area contributed by atoms with Gasteiger partial charge in [0.05, 0.1) is 0 Å². The zero-order chi connectivity index (χ0) is 10.7. The zero-order valence-electron chi connectivity index (χ0n) is 10.4. The molecular weight excluding hydrogens is 287 g/mol. The molecular formula is C8H24SeSi4. The van der Waals surface area contributed by atoms with E-state index in [1.165, 1.54) is 0 Å². The van der Waals surface area contributed by atoms with E-state index in [1.54, 1.807) is 0 Å². The summed E-state index contributed by atoms with van der Waals surface area (Å²) < 4.78 is 0. The van der Waals surface area contributed by atoms with Crippen LogP contribution in [0, 0.1) is 0 Å². The van der Waals surface area contributed by atoms with Crippen molar-refractivity contribution in [1.82, 2.24) is 0 Å². The fourth-order valence-electron chi connectivity index (χ4n) is 2.40. The zero-order valence-corrected chi connectivity index (χ0v) is 16.1. The Morgan fingerprint density at radius 2 is 0.769 bits per heavy atom. The van der Waals surface area contributed by atoms with E-state index in [-0.39, 0.29) is 0 Å². The summed E-state index contributed by atoms with van der Waals surface area (Å²) in [6.07, 6.45) is -1.43. The van der Waals surface area contributed by atoms with Gasteiger partial charge in [-0.05, 0) is 0 Å². The van der Waals surface area contributed by atoms with Crippen molar-refractivity contribution in [2.24, 2.45) is 0 Å². The molecule has 0 spiro atoms. The molecule has 0 atom stereocenters. The predicted octanol–water partition coefficient (Wildman–Crippen LogP) is 2.77. The summed E-state index contributed by atoms with van der Waals surface area (Å²) in [5, 5.41) is 0. The fraction of sp³-hybridized carbons (Fsp3) is 1.00. The molecule has 1 aliphatic heterocycles. The first-order valence-corrected chi connectivity index (χ1v) is 25.1. The van der Waals surface area contributed by atoms with Crippen molar-refractivity contribution >= 4 is 40.3 Å². The van der Waals surface area contributed by atoms with Crippen molar-refractivity contribution in [2.75, 3.05) is 0 Å². The fourth-order valence-corrected chi connectivity index (χ4v) is 206. The first-order chi connectivity index (χ1) is 5.46. The molecule has 0 aromatic carbocycles. The summed E-state index contributed by atoms with van der Waals surface area (Å²) >= 11 is 1.13. The van der Waals surface area contributed by atoms with Crippen LogP contribution in [0.3, 0.4) is 0 Å². The van der Waals surface area contributed by atoms with Gasteiger partial charge in [0.1, 0.15) is 0 Å². The Balaban J connectivity index is 3.24. The average molecular weight is 312 g/mol. The van der Waals surface area contributed by atoms with Crippen LogP contribution < -0.4 is 0 Å². The second kappa shape index (κ2) is 2.95. The summed E-state index contributed by atoms with van der Waals surface area (Å²) in [7, 11) is -1.53. The van der Waals surface area contributed by atoms with E-state index < -0.39 is 26.6 Å². The van der Waals surface area contributed by atoms with Crippen molar-refractivity contribution in [3.63, 3.8) is 0 Å². The van der Waals surface area contributed by atoms with Gasteiger partial charge in [-0.15, -0.1) is 0 Å². The molecule has 0 amide bonds. The third-order valence-electron chi connectivity index (χ3n) is 5.08. The van der Waals surface area contributed by atoms with Crippen molar-refractivity contribution in [1.29, 1.82) is 0 Å². The van der Waals surface area contributed by atoms with E-state index >= 15 is 0 Å². The van der Waals surface area contributed by atoms with Gasteiger partial charge in [0.25, 0.3) is 0 Å². The van der Waals surface area contributed by atoms with E-state index in [4.69, 9.17) is 0 Å². The van der Waals surface area contributed by atoms with Gasteiger partial charge in [-0.1, -0.05) is 0 Å². The molecule has 0 N–H and O–H groups in total. The van der Waals surface area contributed by atoms with Crippen molar-refractivity contribution in [3.05, 3.63) is 0 Å². The predicted molar refractivity (Wildman–Crippen MR) is 75.7 cm³/mol. The molecule has 5 heteroatoms. The van der Waals surface area contributed by atoms with Crippen LogP contribution in [-0.2, 0) is 0 Å². The Morgan fingerprint density at radius 1 is 0.538 bits per heavy atom. The van der Waals surface area contributed by atoms with Gasteiger partial charge in [-0.3, -0.25) is 0 Å². The third-order valence-corrected chi connectivity index (χ3v) is 126. The van der Waals surface area contributed by atoms with Gasteiger partial charge in [-0.25, -0.2) is 0 Å². The minimum atomic E-state index is -0.764. The van der Waals surface area contributed by atoms with Crippen molar-refractivity contribution in [3.8, 4) is 0 Å². The standard InChI is InChI=1S/C8H24SeSi4/c1-10(2)9-11(3,4)13(7,8)12(10,5)6/h1-8H3. The molecule has 1 rings (SSSR count). The van der Waals surface area contributed by atoms with Crippen LogP contribution in [0.25, 0.3) is 0 Å². The molecule has 0 unspecified atom stereocenters. The topological polar surface area (TPSA) is 0 Å². The third kappa shape index (κ3) is 1.47. The Bertz CT molecular complexity index is 208. The van der Waals surface area contributed by atoms with Crippen LogP contribution in [0.1, 0.15) is 0 Å². The molecule has 0 bridgehead atoms. The normalized spacial score (nSPS) is 33.2. The van der Waals surface area contributed by atoms with E-state index in [0.717, 1.165) is 13.7 Å². The van der Waals surface area contributed by atoms with Crippen LogP contribution >= 0.6 is 0 Å². The first-order valence-electron chi connectivity index (χ1n) is 5.16. The maximum atomic E-state index is 2.74. The van der Waals surface area contributed by atoms with Crippen molar-refractivity contribution < 1.29 is 0 Å². The molecule has 0 radical (unpaired) electrons. The van der Waals surface area contributed by atoms with Gasteiger partial charge < -0.3 is 0 Å². The Hall–Kier alpha value is 1.39. The molecule has 1 heterocycles. The van der Waals surface area contributed by atoms with Crippen molar-refractivity contribution in [2.45, 2.75) is 52.4 Å². The van der Waals surface area contributed by atoms with Gasteiger partial charge in [0.2, 0.25) is 0 Å². The molecule has 0 saturated carbocycles. The second-order valence-electron chi connectivity index (χ2n) is 6.37. The average Bonchev–Trinajstić information content (AvgIpc) is 1.88. The van der Waals surface area contributed by atoms with Crippen LogP contribution in [0.15, 0.2) is 0 Å². The van der Waals surface area contributed by atoms with E-state index in [2.05, 4.69) is 52.4 Å². The van der Waals surface area contributed by atoms with Gasteiger partial charge >= 0.3 is 92.7 Å². The van der Waals surface area contributed by atoms with Gasteiger partial charge in [-0.2, -0.15) is 0 Å². The first kappa shape index (κ1) is 12.5. The second-order valence-corrected chi connectivity index (χ2v) is 66.8. The van der Waals surface area contributed by atoms with Crippen LogP contribution in [0.2, 0.25) is 52.4 Å². The molecule has 78 valence electrons. The number of hydrogen-bond acceptors (Lipinski definition) is 0. The monoisotopic (exact) mass is 312 g/mol. The molecule has 1 aliphatic rings. The summed E-state index contributed by atoms with van der Waals surface area (Å²) in [5.74, 6) is 0.